The fraction of sp³-hybridized carbons (Fsp3) is 0.609. The first-order valence-electron chi connectivity index (χ1n) is 10.4. The Morgan fingerprint density at radius 1 is 0.967 bits per heavy atom. The molecule has 0 spiro atoms. The molecule has 3 amide bonds. The summed E-state index contributed by atoms with van der Waals surface area (Å²) >= 11 is 0. The summed E-state index contributed by atoms with van der Waals surface area (Å²) in [6.07, 6.45) is -0.675. The molecule has 2 atom stereocenters. The lowest BCUT2D eigenvalue weighted by Crippen LogP contribution is -2.54. The smallest absolute Gasteiger partial charge is 0.408 e. The lowest BCUT2D eigenvalue weighted by molar-refractivity contribution is -0.144. The maximum atomic E-state index is 13.4. The molecule has 1 rings (SSSR count). The Balaban J connectivity index is 3.28. The minimum Gasteiger partial charge on any atom is -0.444 e. The molecule has 7 nitrogen and oxygen atoms in total. The number of nitrogens with zero attached hydrogens (tertiary/aromatic N) is 1. The van der Waals surface area contributed by atoms with E-state index < -0.39 is 23.8 Å². The van der Waals surface area contributed by atoms with Crippen LogP contribution in [0.5, 0.6) is 0 Å². The van der Waals surface area contributed by atoms with Gasteiger partial charge in [0.2, 0.25) is 11.8 Å². The fourth-order valence-electron chi connectivity index (χ4n) is 3.12. The van der Waals surface area contributed by atoms with Crippen LogP contribution in [0, 0.1) is 6.92 Å². The lowest BCUT2D eigenvalue weighted by Gasteiger charge is -2.37. The number of amides is 3. The maximum Gasteiger partial charge on any atom is 0.408 e. The first-order valence-corrected chi connectivity index (χ1v) is 10.4. The predicted molar refractivity (Wildman–Crippen MR) is 118 cm³/mol. The largest absolute Gasteiger partial charge is 0.444 e. The molecule has 0 saturated carbocycles. The Labute approximate surface area is 180 Å². The second kappa shape index (κ2) is 10.5. The molecule has 1 aromatic rings. The molecule has 7 heteroatoms. The second-order valence-corrected chi connectivity index (χ2v) is 9.13. The molecule has 2 N–H and O–H groups in total. The molecule has 0 aliphatic carbocycles. The third kappa shape index (κ3) is 7.35. The molecular formula is C23H37N3O4. The zero-order valence-corrected chi connectivity index (χ0v) is 19.7. The van der Waals surface area contributed by atoms with Crippen molar-refractivity contribution in [3.8, 4) is 0 Å². The van der Waals surface area contributed by atoms with Gasteiger partial charge in [0, 0.05) is 12.1 Å². The van der Waals surface area contributed by atoms with Crippen LogP contribution in [0.4, 0.5) is 4.79 Å². The quantitative estimate of drug-likeness (QED) is 0.705. The van der Waals surface area contributed by atoms with Gasteiger partial charge in [-0.15, -0.1) is 0 Å². The zero-order chi connectivity index (χ0) is 23.2. The summed E-state index contributed by atoms with van der Waals surface area (Å²) in [6.45, 7) is 16.2. The van der Waals surface area contributed by atoms with Crippen LogP contribution in [0.3, 0.4) is 0 Å². The van der Waals surface area contributed by atoms with Gasteiger partial charge in [0.25, 0.3) is 0 Å². The van der Waals surface area contributed by atoms with Gasteiger partial charge in [0.1, 0.15) is 17.7 Å². The molecule has 0 aliphatic heterocycles. The molecule has 30 heavy (non-hydrogen) atoms. The van der Waals surface area contributed by atoms with Crippen LogP contribution < -0.4 is 10.6 Å². The van der Waals surface area contributed by atoms with Crippen LogP contribution in [0.15, 0.2) is 24.3 Å². The molecule has 0 aromatic heterocycles. The Morgan fingerprint density at radius 2 is 1.53 bits per heavy atom. The maximum absolute atomic E-state index is 13.4. The van der Waals surface area contributed by atoms with E-state index in [0.717, 1.165) is 11.1 Å². The van der Waals surface area contributed by atoms with Crippen molar-refractivity contribution in [3.05, 3.63) is 35.4 Å². The first kappa shape index (κ1) is 25.5. The number of aryl methyl sites for hydroxylation is 1. The minimum absolute atomic E-state index is 0.0783. The van der Waals surface area contributed by atoms with Crippen LogP contribution in [-0.4, -0.2) is 46.5 Å². The predicted octanol–water partition coefficient (Wildman–Crippen LogP) is 3.71. The van der Waals surface area contributed by atoms with Gasteiger partial charge in [-0.1, -0.05) is 24.3 Å². The first-order chi connectivity index (χ1) is 13.7. The van der Waals surface area contributed by atoms with E-state index >= 15 is 0 Å². The Bertz CT molecular complexity index is 753. The topological polar surface area (TPSA) is 87.7 Å². The van der Waals surface area contributed by atoms with Gasteiger partial charge < -0.3 is 20.3 Å². The monoisotopic (exact) mass is 419 g/mol. The molecule has 2 unspecified atom stereocenters. The van der Waals surface area contributed by atoms with E-state index in [0.29, 0.717) is 0 Å². The normalized spacial score (nSPS) is 13.6. The third-order valence-corrected chi connectivity index (χ3v) is 4.35. The van der Waals surface area contributed by atoms with E-state index in [2.05, 4.69) is 10.6 Å². The number of nitrogens with one attached hydrogen (secondary N) is 2. The number of benzene rings is 1. The van der Waals surface area contributed by atoms with Crippen molar-refractivity contribution >= 4 is 17.9 Å². The molecule has 0 radical (unpaired) electrons. The SMILES string of the molecule is Cc1ccccc1C(C(=O)NC(C)C)N(C(=O)C(C)NC(=O)OC(C)(C)C)C(C)C. The van der Waals surface area contributed by atoms with Crippen molar-refractivity contribution in [1.29, 1.82) is 0 Å². The van der Waals surface area contributed by atoms with E-state index in [4.69, 9.17) is 4.74 Å². The molecule has 0 fully saturated rings. The van der Waals surface area contributed by atoms with Crippen LogP contribution in [0.1, 0.15) is 72.6 Å². The van der Waals surface area contributed by atoms with Gasteiger partial charge in [-0.05, 0) is 73.4 Å². The van der Waals surface area contributed by atoms with E-state index in [1.54, 1.807) is 27.7 Å². The zero-order valence-electron chi connectivity index (χ0n) is 19.7. The molecule has 0 heterocycles. The number of ether oxygens (including phenoxy) is 1. The van der Waals surface area contributed by atoms with Crippen LogP contribution >= 0.6 is 0 Å². The van der Waals surface area contributed by atoms with E-state index in [1.165, 1.54) is 4.90 Å². The Kier molecular flexibility index (Phi) is 8.88. The van der Waals surface area contributed by atoms with Crippen molar-refractivity contribution < 1.29 is 19.1 Å². The van der Waals surface area contributed by atoms with Crippen molar-refractivity contribution in [2.75, 3.05) is 0 Å². The minimum atomic E-state index is -0.861. The van der Waals surface area contributed by atoms with Crippen LogP contribution in [-0.2, 0) is 14.3 Å². The number of carbonyl (C=O) groups excluding carboxylic acids is 3. The average molecular weight is 420 g/mol. The highest BCUT2D eigenvalue weighted by Crippen LogP contribution is 2.27. The molecule has 168 valence electrons. The Morgan fingerprint density at radius 3 is 2.00 bits per heavy atom. The fourth-order valence-corrected chi connectivity index (χ4v) is 3.12. The van der Waals surface area contributed by atoms with Gasteiger partial charge in [-0.2, -0.15) is 0 Å². The average Bonchev–Trinajstić information content (AvgIpc) is 2.57. The van der Waals surface area contributed by atoms with Crippen LogP contribution in [0.2, 0.25) is 0 Å². The van der Waals surface area contributed by atoms with E-state index in [9.17, 15) is 14.4 Å². The van der Waals surface area contributed by atoms with Crippen LogP contribution in [0.25, 0.3) is 0 Å². The summed E-state index contributed by atoms with van der Waals surface area (Å²) < 4.78 is 5.26. The Hall–Kier alpha value is -2.57. The highest BCUT2D eigenvalue weighted by molar-refractivity contribution is 5.92. The van der Waals surface area contributed by atoms with Crippen molar-refractivity contribution in [2.24, 2.45) is 0 Å². The summed E-state index contributed by atoms with van der Waals surface area (Å²) in [5.74, 6) is -0.617. The molecular weight excluding hydrogens is 382 g/mol. The molecule has 0 bridgehead atoms. The number of rotatable bonds is 7. The van der Waals surface area contributed by atoms with Gasteiger partial charge in [-0.25, -0.2) is 4.79 Å². The van der Waals surface area contributed by atoms with Gasteiger partial charge in [-0.3, -0.25) is 9.59 Å². The van der Waals surface area contributed by atoms with Crippen molar-refractivity contribution in [1.82, 2.24) is 15.5 Å². The standard InChI is InChI=1S/C23H37N3O4/c1-14(2)24-20(27)19(18-13-11-10-12-16(18)5)26(15(3)4)21(28)17(6)25-22(29)30-23(7,8)9/h10-15,17,19H,1-9H3,(H,24,27)(H,25,29). The molecule has 1 aromatic carbocycles. The molecule has 0 saturated heterocycles. The number of hydrogen-bond acceptors (Lipinski definition) is 4. The summed E-state index contributed by atoms with van der Waals surface area (Å²) in [6, 6.07) is 5.48. The molecule has 0 aliphatic rings. The third-order valence-electron chi connectivity index (χ3n) is 4.35. The summed E-state index contributed by atoms with van der Waals surface area (Å²) in [4.78, 5) is 40.2. The lowest BCUT2D eigenvalue weighted by atomic mass is 9.97. The van der Waals surface area contributed by atoms with E-state index in [-0.39, 0.29) is 23.9 Å². The highest BCUT2D eigenvalue weighted by Gasteiger charge is 2.37. The van der Waals surface area contributed by atoms with Crippen molar-refractivity contribution in [2.45, 2.75) is 92.1 Å². The van der Waals surface area contributed by atoms with E-state index in [1.807, 2.05) is 58.9 Å². The number of hydrogen-bond donors (Lipinski definition) is 2. The number of carbonyl (C=O) groups is 3. The second-order valence-electron chi connectivity index (χ2n) is 9.13. The summed E-state index contributed by atoms with van der Waals surface area (Å²) in [5, 5.41) is 5.51. The summed E-state index contributed by atoms with van der Waals surface area (Å²) in [7, 11) is 0. The number of alkyl carbamates (subject to hydrolysis) is 1. The highest BCUT2D eigenvalue weighted by atomic mass is 16.6. The summed E-state index contributed by atoms with van der Waals surface area (Å²) in [5.41, 5.74) is 0.987. The van der Waals surface area contributed by atoms with Gasteiger partial charge >= 0.3 is 6.09 Å². The van der Waals surface area contributed by atoms with Gasteiger partial charge in [0.15, 0.2) is 0 Å². The van der Waals surface area contributed by atoms with Gasteiger partial charge in [0.05, 0.1) is 0 Å². The van der Waals surface area contributed by atoms with Crippen molar-refractivity contribution in [3.63, 3.8) is 0 Å².